The summed E-state index contributed by atoms with van der Waals surface area (Å²) in [5.41, 5.74) is -0.192. The lowest BCUT2D eigenvalue weighted by Gasteiger charge is -2.47. The van der Waals surface area contributed by atoms with E-state index >= 15 is 0 Å². The number of hydrogen-bond acceptors (Lipinski definition) is 2. The normalized spacial score (nSPS) is 48.2. The first-order valence-corrected chi connectivity index (χ1v) is 8.33. The predicted molar refractivity (Wildman–Crippen MR) is 80.1 cm³/mol. The van der Waals surface area contributed by atoms with Gasteiger partial charge in [-0.25, -0.2) is 4.79 Å². The van der Waals surface area contributed by atoms with Crippen LogP contribution in [-0.2, 0) is 9.53 Å². The van der Waals surface area contributed by atoms with Crippen LogP contribution in [0.5, 0.6) is 0 Å². The van der Waals surface area contributed by atoms with Gasteiger partial charge in [0.25, 0.3) is 0 Å². The average Bonchev–Trinajstić information content (AvgIpc) is 3.07. The van der Waals surface area contributed by atoms with E-state index in [0.717, 1.165) is 18.3 Å². The van der Waals surface area contributed by atoms with Crippen molar-refractivity contribution < 1.29 is 9.53 Å². The molecule has 7 atom stereocenters. The maximum absolute atomic E-state index is 11.7. The predicted octanol–water partition coefficient (Wildman–Crippen LogP) is 4.20. The lowest BCUT2D eigenvalue weighted by atomic mass is 9.60. The van der Waals surface area contributed by atoms with E-state index in [2.05, 4.69) is 40.7 Å². The smallest absolute Gasteiger partial charge is 0.331 e. The maximum Gasteiger partial charge on any atom is 0.331 e. The number of rotatable bonds is 4. The van der Waals surface area contributed by atoms with Crippen molar-refractivity contribution in [3.05, 3.63) is 12.2 Å². The van der Waals surface area contributed by atoms with E-state index < -0.39 is 0 Å². The first-order valence-electron chi connectivity index (χ1n) is 8.33. The molecule has 2 aliphatic carbocycles. The number of fused-ring (bicyclic) bond motifs is 2. The van der Waals surface area contributed by atoms with E-state index in [1.165, 1.54) is 12.8 Å². The van der Waals surface area contributed by atoms with E-state index in [0.29, 0.717) is 17.8 Å². The number of carbonyl (C=O) groups excluding carboxylic acids is 1. The molecule has 0 N–H and O–H groups in total. The number of hydrogen-bond donors (Lipinski definition) is 0. The zero-order valence-electron chi connectivity index (χ0n) is 13.5. The van der Waals surface area contributed by atoms with Crippen LogP contribution < -0.4 is 0 Å². The molecule has 0 bridgehead atoms. The molecule has 2 heteroatoms. The summed E-state index contributed by atoms with van der Waals surface area (Å²) in [5, 5.41) is 0. The van der Waals surface area contributed by atoms with Gasteiger partial charge in [0.2, 0.25) is 0 Å². The minimum absolute atomic E-state index is 0.103. The molecule has 0 aromatic carbocycles. The van der Waals surface area contributed by atoms with Gasteiger partial charge in [0.15, 0.2) is 0 Å². The number of ether oxygens (including phenoxy) is 1. The highest BCUT2D eigenvalue weighted by molar-refractivity contribution is 5.85. The molecule has 2 fully saturated rings. The highest BCUT2D eigenvalue weighted by Gasteiger charge is 2.75. The molecule has 3 rings (SSSR count). The monoisotopic (exact) mass is 276 g/mol. The number of carbonyl (C=O) groups is 1. The Hall–Kier alpha value is -0.790. The Balaban J connectivity index is 1.98. The quantitative estimate of drug-likeness (QED) is 0.719. The molecule has 0 aromatic rings. The molecule has 0 radical (unpaired) electrons. The fraction of sp³-hybridized carbons (Fsp3) is 0.833. The van der Waals surface area contributed by atoms with Gasteiger partial charge in [0.05, 0.1) is 0 Å². The summed E-state index contributed by atoms with van der Waals surface area (Å²) < 4.78 is 5.91. The van der Waals surface area contributed by atoms with Gasteiger partial charge in [-0.15, -0.1) is 0 Å². The van der Waals surface area contributed by atoms with Crippen molar-refractivity contribution in [1.82, 2.24) is 0 Å². The summed E-state index contributed by atoms with van der Waals surface area (Å²) >= 11 is 0. The summed E-state index contributed by atoms with van der Waals surface area (Å²) in [4.78, 5) is 11.7. The third-order valence-electron chi connectivity index (χ3n) is 7.06. The van der Waals surface area contributed by atoms with Crippen molar-refractivity contribution in [3.8, 4) is 0 Å². The van der Waals surface area contributed by atoms with Gasteiger partial charge in [-0.2, -0.15) is 0 Å². The Kier molecular flexibility index (Phi) is 3.08. The molecule has 112 valence electrons. The zero-order chi connectivity index (χ0) is 14.7. The Morgan fingerprint density at radius 3 is 2.60 bits per heavy atom. The van der Waals surface area contributed by atoms with E-state index in [4.69, 9.17) is 4.74 Å². The third kappa shape index (κ3) is 1.54. The van der Waals surface area contributed by atoms with Crippen molar-refractivity contribution in [2.75, 3.05) is 0 Å². The van der Waals surface area contributed by atoms with Gasteiger partial charge < -0.3 is 4.74 Å². The van der Waals surface area contributed by atoms with Crippen molar-refractivity contribution >= 4 is 5.97 Å². The summed E-state index contributed by atoms with van der Waals surface area (Å²) in [7, 11) is 0. The van der Waals surface area contributed by atoms with Gasteiger partial charge >= 0.3 is 5.97 Å². The summed E-state index contributed by atoms with van der Waals surface area (Å²) in [5.74, 6) is 3.33. The van der Waals surface area contributed by atoms with Crippen molar-refractivity contribution in [2.45, 2.75) is 59.5 Å². The minimum atomic E-state index is -0.296. The molecule has 20 heavy (non-hydrogen) atoms. The largest absolute Gasteiger partial charge is 0.451 e. The highest BCUT2D eigenvalue weighted by atomic mass is 16.6. The van der Waals surface area contributed by atoms with Crippen LogP contribution in [0.25, 0.3) is 0 Å². The molecule has 0 saturated heterocycles. The Morgan fingerprint density at radius 1 is 1.40 bits per heavy atom. The van der Waals surface area contributed by atoms with Crippen molar-refractivity contribution in [3.63, 3.8) is 0 Å². The fourth-order valence-electron chi connectivity index (χ4n) is 5.40. The van der Waals surface area contributed by atoms with Crippen LogP contribution in [0.4, 0.5) is 0 Å². The van der Waals surface area contributed by atoms with Crippen LogP contribution in [0.3, 0.4) is 0 Å². The van der Waals surface area contributed by atoms with Gasteiger partial charge in [-0.05, 0) is 42.6 Å². The second-order valence-corrected chi connectivity index (χ2v) is 7.60. The SMILES string of the molecule is CCC(C)C(C)C1C2CC2C2(C=CC(=O)O2)C1(C)CC. The van der Waals surface area contributed by atoms with E-state index in [9.17, 15) is 4.79 Å². The molecule has 0 aromatic heterocycles. The van der Waals surface area contributed by atoms with Gasteiger partial charge in [0.1, 0.15) is 5.60 Å². The topological polar surface area (TPSA) is 26.3 Å². The molecule has 3 aliphatic rings. The van der Waals surface area contributed by atoms with Gasteiger partial charge in [-0.1, -0.05) is 41.0 Å². The zero-order valence-corrected chi connectivity index (χ0v) is 13.5. The minimum Gasteiger partial charge on any atom is -0.451 e. The van der Waals surface area contributed by atoms with Crippen molar-refractivity contribution in [1.29, 1.82) is 0 Å². The van der Waals surface area contributed by atoms with Crippen LogP contribution >= 0.6 is 0 Å². The van der Waals surface area contributed by atoms with E-state index in [-0.39, 0.29) is 17.0 Å². The second kappa shape index (κ2) is 4.35. The van der Waals surface area contributed by atoms with Crippen molar-refractivity contribution in [2.24, 2.45) is 35.0 Å². The van der Waals surface area contributed by atoms with E-state index in [1.54, 1.807) is 6.08 Å². The van der Waals surface area contributed by atoms with Crippen LogP contribution in [0.15, 0.2) is 12.2 Å². The molecule has 1 spiro atoms. The molecule has 1 aliphatic heterocycles. The summed E-state index contributed by atoms with van der Waals surface area (Å²) in [6, 6.07) is 0. The maximum atomic E-state index is 11.7. The second-order valence-electron chi connectivity index (χ2n) is 7.60. The van der Waals surface area contributed by atoms with E-state index in [1.807, 2.05) is 0 Å². The number of esters is 1. The van der Waals surface area contributed by atoms with Crippen LogP contribution in [0.1, 0.15) is 53.9 Å². The molecule has 2 saturated carbocycles. The molecule has 0 amide bonds. The highest BCUT2D eigenvalue weighted by Crippen LogP contribution is 2.74. The van der Waals surface area contributed by atoms with Crippen LogP contribution in [0, 0.1) is 35.0 Å². The molecule has 2 nitrogen and oxygen atoms in total. The molecular formula is C18H28O2. The third-order valence-corrected chi connectivity index (χ3v) is 7.06. The van der Waals surface area contributed by atoms with Crippen LogP contribution in [-0.4, -0.2) is 11.6 Å². The first-order chi connectivity index (χ1) is 9.41. The standard InChI is InChI=1S/C18H28O2/c1-6-11(3)12(4)16-13-10-14(13)18(17(16,5)7-2)9-8-15(19)20-18/h8-9,11-14,16H,6-7,10H2,1-5H3. The molecule has 7 unspecified atom stereocenters. The lowest BCUT2D eigenvalue weighted by Crippen LogP contribution is -2.49. The molecular weight excluding hydrogens is 248 g/mol. The average molecular weight is 276 g/mol. The lowest BCUT2D eigenvalue weighted by molar-refractivity contribution is -0.161. The fourth-order valence-corrected chi connectivity index (χ4v) is 5.40. The van der Waals surface area contributed by atoms with Gasteiger partial charge in [0, 0.05) is 17.4 Å². The Labute approximate surface area is 123 Å². The molecule has 1 heterocycles. The Morgan fingerprint density at radius 2 is 2.10 bits per heavy atom. The summed E-state index contributed by atoms with van der Waals surface area (Å²) in [6.45, 7) is 11.7. The van der Waals surface area contributed by atoms with Gasteiger partial charge in [-0.3, -0.25) is 0 Å². The summed E-state index contributed by atoms with van der Waals surface area (Å²) in [6.07, 6.45) is 7.34. The van der Waals surface area contributed by atoms with Crippen LogP contribution in [0.2, 0.25) is 0 Å². The first kappa shape index (κ1) is 14.2. The Bertz CT molecular complexity index is 454.